The summed E-state index contributed by atoms with van der Waals surface area (Å²) in [6.45, 7) is 16.5. The third-order valence-electron chi connectivity index (χ3n) is 11.1. The third kappa shape index (κ3) is 4.33. The number of hydrogen-bond donors (Lipinski definition) is 0. The molecule has 0 saturated carbocycles. The molecule has 254 valence electrons. The van der Waals surface area contributed by atoms with E-state index in [0.717, 1.165) is 82.8 Å². The first-order chi connectivity index (χ1) is 27.2. The molecular formula is C50H29N5. The molecule has 0 bridgehead atoms. The van der Waals surface area contributed by atoms with Crippen molar-refractivity contribution in [2.75, 3.05) is 0 Å². The molecule has 0 radical (unpaired) electrons. The molecule has 5 nitrogen and oxygen atoms in total. The normalized spacial score (nSPS) is 11.6. The molecule has 0 N–H and O–H groups in total. The van der Waals surface area contributed by atoms with Crippen molar-refractivity contribution in [1.82, 2.24) is 13.7 Å². The number of fused-ring (bicyclic) bond motifs is 9. The smallest absolute Gasteiger partial charge is 0.218 e. The molecule has 11 aromatic rings. The van der Waals surface area contributed by atoms with Crippen molar-refractivity contribution in [3.05, 3.63) is 199 Å². The fourth-order valence-corrected chi connectivity index (χ4v) is 8.86. The lowest BCUT2D eigenvalue weighted by Crippen LogP contribution is -1.99. The Kier molecular flexibility index (Phi) is 6.61. The van der Waals surface area contributed by atoms with Crippen molar-refractivity contribution in [3.63, 3.8) is 0 Å². The van der Waals surface area contributed by atoms with E-state index < -0.39 is 0 Å². The van der Waals surface area contributed by atoms with E-state index in [-0.39, 0.29) is 0 Å². The lowest BCUT2D eigenvalue weighted by molar-refractivity contribution is 1.17. The van der Waals surface area contributed by atoms with Gasteiger partial charge >= 0.3 is 0 Å². The molecule has 55 heavy (non-hydrogen) atoms. The summed E-state index contributed by atoms with van der Waals surface area (Å²) in [6, 6.07) is 61.1. The minimum absolute atomic E-state index is 0.572. The van der Waals surface area contributed by atoms with Crippen molar-refractivity contribution in [3.8, 4) is 28.2 Å². The predicted octanol–water partition coefficient (Wildman–Crippen LogP) is 13.7. The van der Waals surface area contributed by atoms with Crippen LogP contribution >= 0.6 is 0 Å². The molecule has 5 heteroatoms. The Bertz CT molecular complexity index is 3420. The van der Waals surface area contributed by atoms with Crippen molar-refractivity contribution in [2.24, 2.45) is 0 Å². The van der Waals surface area contributed by atoms with E-state index in [2.05, 4.69) is 169 Å². The molecule has 0 aliphatic heterocycles. The summed E-state index contributed by atoms with van der Waals surface area (Å²) < 4.78 is 6.90. The van der Waals surface area contributed by atoms with Crippen LogP contribution < -0.4 is 0 Å². The molecule has 0 fully saturated rings. The first kappa shape index (κ1) is 30.7. The van der Waals surface area contributed by atoms with E-state index >= 15 is 0 Å². The van der Waals surface area contributed by atoms with Gasteiger partial charge in [-0.3, -0.25) is 0 Å². The number of nitrogens with zero attached hydrogens (tertiary/aromatic N) is 5. The molecule has 3 aromatic heterocycles. The van der Waals surface area contributed by atoms with Crippen LogP contribution in [0.1, 0.15) is 0 Å². The second-order valence-electron chi connectivity index (χ2n) is 13.9. The van der Waals surface area contributed by atoms with E-state index in [1.54, 1.807) is 0 Å². The zero-order valence-electron chi connectivity index (χ0n) is 29.5. The molecule has 3 heterocycles. The number of rotatable bonds is 4. The largest absolute Gasteiger partial charge is 0.319 e. The lowest BCUT2D eigenvalue weighted by atomic mass is 10.00. The average Bonchev–Trinajstić information content (AvgIpc) is 3.89. The Morgan fingerprint density at radius 2 is 0.782 bits per heavy atom. The summed E-state index contributed by atoms with van der Waals surface area (Å²) in [5.41, 5.74) is 12.2. The summed E-state index contributed by atoms with van der Waals surface area (Å²) in [6.07, 6.45) is 0. The number of hydrogen-bond acceptors (Lipinski definition) is 0. The third-order valence-corrected chi connectivity index (χ3v) is 11.1. The topological polar surface area (TPSA) is 23.5 Å². The molecule has 0 saturated heterocycles. The number of aromatic nitrogens is 3. The average molecular weight is 700 g/mol. The summed E-state index contributed by atoms with van der Waals surface area (Å²) in [7, 11) is 0. The van der Waals surface area contributed by atoms with E-state index in [0.29, 0.717) is 11.4 Å². The molecule has 0 atom stereocenters. The summed E-state index contributed by atoms with van der Waals surface area (Å²) in [4.78, 5) is 8.09. The van der Waals surface area contributed by atoms with Crippen LogP contribution in [0.25, 0.3) is 103 Å². The number of benzene rings is 8. The minimum Gasteiger partial charge on any atom is -0.319 e. The van der Waals surface area contributed by atoms with E-state index in [9.17, 15) is 0 Å². The van der Waals surface area contributed by atoms with E-state index in [1.165, 1.54) is 10.8 Å². The van der Waals surface area contributed by atoms with Gasteiger partial charge in [-0.2, -0.15) is 0 Å². The van der Waals surface area contributed by atoms with Crippen LogP contribution in [0.3, 0.4) is 0 Å². The minimum atomic E-state index is 0.572. The Morgan fingerprint density at radius 1 is 0.327 bits per heavy atom. The van der Waals surface area contributed by atoms with Gasteiger partial charge in [0, 0.05) is 37.8 Å². The summed E-state index contributed by atoms with van der Waals surface area (Å²) in [5, 5.41) is 6.89. The highest BCUT2D eigenvalue weighted by molar-refractivity contribution is 6.17. The maximum absolute atomic E-state index is 8.76. The highest BCUT2D eigenvalue weighted by atomic mass is 15.0. The standard InChI is InChI=1S/C50H29N5/c1-51-32-29-30-37-35-17-5-10-23-42(35)54(48(37)31-32)43-24-11-6-18-36(43)38-20-13-28-47(50(38)52-2)55-44-25-12-7-19-39(44)49-45(26-14-27-46(49)55)53-40-21-8-3-15-33(40)34-16-4-9-22-41(34)53/h3-31H. The van der Waals surface area contributed by atoms with Gasteiger partial charge in [-0.25, -0.2) is 9.69 Å². The van der Waals surface area contributed by atoms with Crippen LogP contribution in [-0.2, 0) is 0 Å². The van der Waals surface area contributed by atoms with Gasteiger partial charge in [-0.05, 0) is 65.7 Å². The van der Waals surface area contributed by atoms with Crippen LogP contribution in [0.4, 0.5) is 11.4 Å². The van der Waals surface area contributed by atoms with Crippen molar-refractivity contribution >= 4 is 76.8 Å². The molecule has 8 aromatic carbocycles. The summed E-state index contributed by atoms with van der Waals surface area (Å²) >= 11 is 0. The van der Waals surface area contributed by atoms with Gasteiger partial charge in [0.1, 0.15) is 0 Å². The van der Waals surface area contributed by atoms with Gasteiger partial charge in [0.2, 0.25) is 5.69 Å². The van der Waals surface area contributed by atoms with Gasteiger partial charge in [-0.1, -0.05) is 121 Å². The van der Waals surface area contributed by atoms with Crippen molar-refractivity contribution in [1.29, 1.82) is 0 Å². The van der Waals surface area contributed by atoms with Crippen molar-refractivity contribution < 1.29 is 0 Å². The van der Waals surface area contributed by atoms with Crippen LogP contribution in [0.15, 0.2) is 176 Å². The molecule has 0 aliphatic carbocycles. The predicted molar refractivity (Wildman–Crippen MR) is 227 cm³/mol. The maximum atomic E-state index is 8.76. The number of para-hydroxylation sites is 6. The molecule has 0 amide bonds. The first-order valence-electron chi connectivity index (χ1n) is 18.3. The Balaban J connectivity index is 1.19. The van der Waals surface area contributed by atoms with Crippen LogP contribution in [0, 0.1) is 13.1 Å². The Labute approximate surface area is 316 Å². The van der Waals surface area contributed by atoms with Gasteiger partial charge < -0.3 is 13.7 Å². The molecule has 0 spiro atoms. The van der Waals surface area contributed by atoms with E-state index in [4.69, 9.17) is 13.1 Å². The lowest BCUT2D eigenvalue weighted by Gasteiger charge is -2.18. The van der Waals surface area contributed by atoms with Gasteiger partial charge in [-0.15, -0.1) is 0 Å². The SMILES string of the molecule is [C-]#[N+]c1ccc2c3ccccc3n(-c3ccccc3-c3cccc(-n4c5ccccc5c5c(-n6c7ccccc7c7ccccc76)cccc54)c3[N+]#[C-])c2c1. The second kappa shape index (κ2) is 11.8. The fraction of sp³-hybridized carbons (Fsp3) is 0. The maximum Gasteiger partial charge on any atom is 0.218 e. The monoisotopic (exact) mass is 699 g/mol. The zero-order valence-corrected chi connectivity index (χ0v) is 29.5. The van der Waals surface area contributed by atoms with Crippen molar-refractivity contribution in [2.45, 2.75) is 0 Å². The highest BCUT2D eigenvalue weighted by Gasteiger charge is 2.23. The quantitative estimate of drug-likeness (QED) is 0.163. The van der Waals surface area contributed by atoms with Crippen LogP contribution in [0.2, 0.25) is 0 Å². The van der Waals surface area contributed by atoms with Gasteiger partial charge in [0.15, 0.2) is 5.69 Å². The second-order valence-corrected chi connectivity index (χ2v) is 13.9. The van der Waals surface area contributed by atoms with Gasteiger partial charge in [0.05, 0.1) is 57.8 Å². The molecule has 0 aliphatic rings. The van der Waals surface area contributed by atoms with Crippen LogP contribution in [0.5, 0.6) is 0 Å². The Hall–Kier alpha value is -7.86. The molecular weight excluding hydrogens is 671 g/mol. The highest BCUT2D eigenvalue weighted by Crippen LogP contribution is 2.45. The van der Waals surface area contributed by atoms with Crippen LogP contribution in [-0.4, -0.2) is 13.7 Å². The molecule has 0 unspecified atom stereocenters. The Morgan fingerprint density at radius 3 is 1.44 bits per heavy atom. The van der Waals surface area contributed by atoms with Gasteiger partial charge in [0.25, 0.3) is 0 Å². The molecule has 11 rings (SSSR count). The zero-order chi connectivity index (χ0) is 36.6. The summed E-state index contributed by atoms with van der Waals surface area (Å²) in [5.74, 6) is 0. The first-order valence-corrected chi connectivity index (χ1v) is 18.3. The van der Waals surface area contributed by atoms with E-state index in [1.807, 2.05) is 30.3 Å². The fourth-order valence-electron chi connectivity index (χ4n) is 8.86.